The summed E-state index contributed by atoms with van der Waals surface area (Å²) in [5.74, 6) is 0. The van der Waals surface area contributed by atoms with E-state index >= 15 is 0 Å². The molecule has 0 N–H and O–H groups in total. The highest BCUT2D eigenvalue weighted by Gasteiger charge is 2.34. The third kappa shape index (κ3) is 2.76. The molecule has 0 bridgehead atoms. The van der Waals surface area contributed by atoms with Gasteiger partial charge in [0.25, 0.3) is 0 Å². The lowest BCUT2D eigenvalue weighted by atomic mass is 9.99. The van der Waals surface area contributed by atoms with Crippen molar-refractivity contribution in [2.75, 3.05) is 0 Å². The van der Waals surface area contributed by atoms with E-state index in [9.17, 15) is 0 Å². The van der Waals surface area contributed by atoms with Crippen LogP contribution in [0.1, 0.15) is 39.0 Å². The van der Waals surface area contributed by atoms with Crippen LogP contribution in [0.15, 0.2) is 24.3 Å². The third-order valence-electron chi connectivity index (χ3n) is 2.70. The molecule has 1 aromatic rings. The molecule has 0 aromatic heterocycles. The minimum absolute atomic E-state index is 0.137. The van der Waals surface area contributed by atoms with Gasteiger partial charge in [0.05, 0.1) is 11.7 Å². The van der Waals surface area contributed by atoms with Crippen LogP contribution >= 0.6 is 11.6 Å². The molecule has 1 aromatic carbocycles. The Bertz CT molecular complexity index is 359. The molecule has 2 nitrogen and oxygen atoms in total. The van der Waals surface area contributed by atoms with Gasteiger partial charge in [0.2, 0.25) is 0 Å². The molecule has 16 heavy (non-hydrogen) atoms. The van der Waals surface area contributed by atoms with Gasteiger partial charge in [-0.3, -0.25) is 0 Å². The van der Waals surface area contributed by atoms with Crippen LogP contribution in [-0.4, -0.2) is 11.7 Å². The van der Waals surface area contributed by atoms with Crippen LogP contribution in [-0.2, 0) is 9.47 Å². The lowest BCUT2D eigenvalue weighted by Gasteiger charge is -2.39. The molecule has 0 spiro atoms. The van der Waals surface area contributed by atoms with E-state index in [1.54, 1.807) is 0 Å². The Morgan fingerprint density at radius 1 is 1.25 bits per heavy atom. The molecule has 0 aliphatic carbocycles. The van der Waals surface area contributed by atoms with E-state index in [1.807, 2.05) is 24.3 Å². The van der Waals surface area contributed by atoms with Crippen LogP contribution in [0, 0.1) is 0 Å². The zero-order valence-corrected chi connectivity index (χ0v) is 10.6. The van der Waals surface area contributed by atoms with Crippen LogP contribution < -0.4 is 0 Å². The van der Waals surface area contributed by atoms with Crippen LogP contribution in [0.5, 0.6) is 0 Å². The zero-order chi connectivity index (χ0) is 11.8. The Balaban J connectivity index is 2.17. The Labute approximate surface area is 102 Å². The summed E-state index contributed by atoms with van der Waals surface area (Å²) < 4.78 is 11.7. The van der Waals surface area contributed by atoms with E-state index in [1.165, 1.54) is 0 Å². The number of hydrogen-bond donors (Lipinski definition) is 0. The summed E-state index contributed by atoms with van der Waals surface area (Å²) in [6.07, 6.45) is 0.845. The van der Waals surface area contributed by atoms with Gasteiger partial charge in [0.1, 0.15) is 0 Å². The summed E-state index contributed by atoms with van der Waals surface area (Å²) in [5.41, 5.74) is 0.881. The van der Waals surface area contributed by atoms with Gasteiger partial charge >= 0.3 is 0 Å². The second-order valence-electron chi connectivity index (χ2n) is 4.91. The van der Waals surface area contributed by atoms with Crippen molar-refractivity contribution < 1.29 is 9.47 Å². The molecule has 0 saturated carbocycles. The zero-order valence-electron chi connectivity index (χ0n) is 9.87. The Kier molecular flexibility index (Phi) is 3.24. The second-order valence-corrected chi connectivity index (χ2v) is 5.35. The average Bonchev–Trinajstić information content (AvgIpc) is 2.15. The van der Waals surface area contributed by atoms with Crippen LogP contribution in [0.2, 0.25) is 5.02 Å². The number of halogens is 1. The molecule has 1 saturated heterocycles. The maximum Gasteiger partial charge on any atom is 0.184 e. The molecule has 1 heterocycles. The van der Waals surface area contributed by atoms with Crippen LogP contribution in [0.25, 0.3) is 0 Å². The Morgan fingerprint density at radius 2 is 1.88 bits per heavy atom. The first kappa shape index (κ1) is 11.9. The topological polar surface area (TPSA) is 18.5 Å². The highest BCUT2D eigenvalue weighted by Crippen LogP contribution is 2.35. The molecule has 2 atom stereocenters. The molecule has 88 valence electrons. The van der Waals surface area contributed by atoms with Crippen molar-refractivity contribution in [1.82, 2.24) is 0 Å². The third-order valence-corrected chi connectivity index (χ3v) is 2.96. The fraction of sp³-hybridized carbons (Fsp3) is 0.538. The first-order valence-electron chi connectivity index (χ1n) is 5.55. The van der Waals surface area contributed by atoms with Crippen molar-refractivity contribution >= 4 is 11.6 Å². The van der Waals surface area contributed by atoms with Gasteiger partial charge in [-0.15, -0.1) is 0 Å². The van der Waals surface area contributed by atoms with E-state index in [0.29, 0.717) is 0 Å². The monoisotopic (exact) mass is 240 g/mol. The van der Waals surface area contributed by atoms with Crippen LogP contribution in [0.3, 0.4) is 0 Å². The van der Waals surface area contributed by atoms with Gasteiger partial charge in [0.15, 0.2) is 6.29 Å². The SMILES string of the molecule is CC1CC(C)(C)OC(c2ccc(Cl)cc2)O1. The number of benzene rings is 1. The lowest BCUT2D eigenvalue weighted by Crippen LogP contribution is -2.38. The van der Waals surface area contributed by atoms with E-state index < -0.39 is 0 Å². The molecule has 3 heteroatoms. The molecule has 1 aliphatic rings. The highest BCUT2D eigenvalue weighted by atomic mass is 35.5. The van der Waals surface area contributed by atoms with Gasteiger partial charge in [-0.25, -0.2) is 0 Å². The molecular weight excluding hydrogens is 224 g/mol. The maximum atomic E-state index is 5.90. The number of ether oxygens (including phenoxy) is 2. The molecular formula is C13H17ClO2. The van der Waals surface area contributed by atoms with Crippen molar-refractivity contribution in [1.29, 1.82) is 0 Å². The summed E-state index contributed by atoms with van der Waals surface area (Å²) in [5, 5.41) is 0.729. The molecule has 2 rings (SSSR count). The van der Waals surface area contributed by atoms with E-state index in [4.69, 9.17) is 21.1 Å². The van der Waals surface area contributed by atoms with Gasteiger partial charge in [-0.05, 0) is 32.9 Å². The summed E-state index contributed by atoms with van der Waals surface area (Å²) in [6, 6.07) is 7.61. The van der Waals surface area contributed by atoms with Crippen molar-refractivity contribution in [2.45, 2.75) is 45.2 Å². The lowest BCUT2D eigenvalue weighted by molar-refractivity contribution is -0.273. The fourth-order valence-corrected chi connectivity index (χ4v) is 2.21. The average molecular weight is 241 g/mol. The van der Waals surface area contributed by atoms with Crippen molar-refractivity contribution in [3.63, 3.8) is 0 Å². The highest BCUT2D eigenvalue weighted by molar-refractivity contribution is 6.30. The first-order chi connectivity index (χ1) is 7.46. The predicted molar refractivity (Wildman–Crippen MR) is 64.5 cm³/mol. The normalized spacial score (nSPS) is 29.0. The molecule has 2 unspecified atom stereocenters. The van der Waals surface area contributed by atoms with Crippen LogP contribution in [0.4, 0.5) is 0 Å². The first-order valence-corrected chi connectivity index (χ1v) is 5.93. The molecule has 0 amide bonds. The summed E-state index contributed by atoms with van der Waals surface area (Å²) in [4.78, 5) is 0. The number of rotatable bonds is 1. The van der Waals surface area contributed by atoms with Gasteiger partial charge in [-0.1, -0.05) is 23.7 Å². The smallest absolute Gasteiger partial charge is 0.184 e. The van der Waals surface area contributed by atoms with Crippen molar-refractivity contribution in [2.24, 2.45) is 0 Å². The minimum atomic E-state index is -0.281. The summed E-state index contributed by atoms with van der Waals surface area (Å²) in [7, 11) is 0. The van der Waals surface area contributed by atoms with Crippen molar-refractivity contribution in [3.05, 3.63) is 34.9 Å². The van der Waals surface area contributed by atoms with Crippen molar-refractivity contribution in [3.8, 4) is 0 Å². The predicted octanol–water partition coefficient (Wildman–Crippen LogP) is 3.94. The Morgan fingerprint density at radius 3 is 2.44 bits per heavy atom. The van der Waals surface area contributed by atoms with Gasteiger partial charge in [-0.2, -0.15) is 0 Å². The summed E-state index contributed by atoms with van der Waals surface area (Å²) >= 11 is 5.85. The van der Waals surface area contributed by atoms with Gasteiger partial charge in [0, 0.05) is 17.0 Å². The quantitative estimate of drug-likeness (QED) is 0.740. The molecule has 1 aliphatic heterocycles. The Hall–Kier alpha value is -0.570. The fourth-order valence-electron chi connectivity index (χ4n) is 2.08. The summed E-state index contributed by atoms with van der Waals surface area (Å²) in [6.45, 7) is 6.26. The largest absolute Gasteiger partial charge is 0.345 e. The second kappa shape index (κ2) is 4.36. The maximum absolute atomic E-state index is 5.90. The minimum Gasteiger partial charge on any atom is -0.345 e. The molecule has 0 radical (unpaired) electrons. The number of hydrogen-bond acceptors (Lipinski definition) is 2. The molecule has 1 fully saturated rings. The standard InChI is InChI=1S/C13H17ClO2/c1-9-8-13(2,3)16-12(15-9)10-4-6-11(14)7-5-10/h4-7,9,12H,8H2,1-3H3. The van der Waals surface area contributed by atoms with E-state index in [2.05, 4.69) is 20.8 Å². The van der Waals surface area contributed by atoms with E-state index in [0.717, 1.165) is 17.0 Å². The van der Waals surface area contributed by atoms with Gasteiger partial charge < -0.3 is 9.47 Å². The van der Waals surface area contributed by atoms with E-state index in [-0.39, 0.29) is 18.0 Å².